The highest BCUT2D eigenvalue weighted by molar-refractivity contribution is 6.69. The van der Waals surface area contributed by atoms with Crippen LogP contribution in [0.1, 0.15) is 58.8 Å². The Balaban J connectivity index is 2.70. The van der Waals surface area contributed by atoms with Gasteiger partial charge in [0.1, 0.15) is 0 Å². The van der Waals surface area contributed by atoms with E-state index in [0.717, 1.165) is 32.4 Å². The van der Waals surface area contributed by atoms with E-state index in [1.807, 2.05) is 0 Å². The molecule has 1 saturated heterocycles. The van der Waals surface area contributed by atoms with Crippen LogP contribution >= 0.6 is 0 Å². The zero-order valence-corrected chi connectivity index (χ0v) is 17.2. The summed E-state index contributed by atoms with van der Waals surface area (Å²) < 4.78 is 11.8. The van der Waals surface area contributed by atoms with E-state index in [9.17, 15) is 0 Å². The first-order chi connectivity index (χ1) is 10.9. The molecule has 0 aromatic rings. The van der Waals surface area contributed by atoms with Gasteiger partial charge < -0.3 is 9.16 Å². The highest BCUT2D eigenvalue weighted by Crippen LogP contribution is 2.21. The van der Waals surface area contributed by atoms with Crippen LogP contribution in [0.25, 0.3) is 0 Å². The molecule has 0 radical (unpaired) electrons. The number of unbranched alkanes of at least 4 members (excludes halogenated alkanes) is 1. The Labute approximate surface area is 144 Å². The van der Waals surface area contributed by atoms with Crippen LogP contribution in [-0.2, 0) is 9.16 Å². The van der Waals surface area contributed by atoms with Crippen LogP contribution in [0, 0.1) is 0 Å². The molecule has 0 aromatic carbocycles. The van der Waals surface area contributed by atoms with Crippen LogP contribution in [0.5, 0.6) is 0 Å². The third-order valence-electron chi connectivity index (χ3n) is 4.25. The van der Waals surface area contributed by atoms with Gasteiger partial charge >= 0.3 is 0 Å². The zero-order valence-electron chi connectivity index (χ0n) is 16.2. The highest BCUT2D eigenvalue weighted by atomic mass is 28.4. The van der Waals surface area contributed by atoms with Gasteiger partial charge in [-0.2, -0.15) is 5.10 Å². The molecule has 0 bridgehead atoms. The first kappa shape index (κ1) is 20.7. The minimum atomic E-state index is -1.51. The number of methoxy groups -OCH3 is 1. The summed E-state index contributed by atoms with van der Waals surface area (Å²) >= 11 is 0. The van der Waals surface area contributed by atoms with Crippen LogP contribution in [-0.4, -0.2) is 51.4 Å². The molecular formula is C18H38N2O2Si. The van der Waals surface area contributed by atoms with Crippen molar-refractivity contribution in [3.8, 4) is 0 Å². The summed E-state index contributed by atoms with van der Waals surface area (Å²) in [5.74, 6) is 0. The van der Waals surface area contributed by atoms with E-state index in [2.05, 4.69) is 38.5 Å². The fourth-order valence-electron chi connectivity index (χ4n) is 3.15. The van der Waals surface area contributed by atoms with Crippen molar-refractivity contribution in [2.75, 3.05) is 20.3 Å². The van der Waals surface area contributed by atoms with Gasteiger partial charge in [-0.05, 0) is 45.3 Å². The lowest BCUT2D eigenvalue weighted by molar-refractivity contribution is 0.117. The zero-order chi connectivity index (χ0) is 17.3. The van der Waals surface area contributed by atoms with Gasteiger partial charge in [0.2, 0.25) is 0 Å². The first-order valence-corrected chi connectivity index (χ1v) is 12.8. The maximum atomic E-state index is 6.43. The van der Waals surface area contributed by atoms with E-state index in [4.69, 9.17) is 14.3 Å². The van der Waals surface area contributed by atoms with E-state index in [-0.39, 0.29) is 0 Å². The van der Waals surface area contributed by atoms with E-state index in [1.54, 1.807) is 7.11 Å². The Morgan fingerprint density at radius 3 is 2.61 bits per heavy atom. The summed E-state index contributed by atoms with van der Waals surface area (Å²) in [6, 6.07) is 0.452. The third-order valence-corrected chi connectivity index (χ3v) is 5.29. The summed E-state index contributed by atoms with van der Waals surface area (Å²) in [6.45, 7) is 13.2. The largest absolute Gasteiger partial charge is 0.414 e. The van der Waals surface area contributed by atoms with Crippen molar-refractivity contribution in [3.05, 3.63) is 0 Å². The molecule has 1 aliphatic heterocycles. The molecule has 4 nitrogen and oxygen atoms in total. The Hall–Kier alpha value is -0.393. The number of nitrogens with zero attached hydrogens (tertiary/aromatic N) is 2. The van der Waals surface area contributed by atoms with Gasteiger partial charge in [0, 0.05) is 25.8 Å². The molecule has 0 saturated carbocycles. The van der Waals surface area contributed by atoms with Crippen LogP contribution in [0.4, 0.5) is 0 Å². The standard InChI is InChI=1S/C18H38N2O2Si/c1-7-9-12-18(22-23(4,5)6)14-16(8-2)19-20-13-10-11-17(20)15-21-3/h17-18H,7-15H2,1-6H3/b19-16+/t17-,18?/m0/s1. The van der Waals surface area contributed by atoms with Crippen molar-refractivity contribution in [3.63, 3.8) is 0 Å². The number of rotatable bonds is 11. The molecule has 1 heterocycles. The predicted molar refractivity (Wildman–Crippen MR) is 102 cm³/mol. The predicted octanol–water partition coefficient (Wildman–Crippen LogP) is 4.66. The molecule has 2 atom stereocenters. The van der Waals surface area contributed by atoms with Crippen molar-refractivity contribution in [2.45, 2.75) is 90.6 Å². The monoisotopic (exact) mass is 342 g/mol. The molecule has 0 aliphatic carbocycles. The Morgan fingerprint density at radius 1 is 1.30 bits per heavy atom. The van der Waals surface area contributed by atoms with Crippen LogP contribution < -0.4 is 0 Å². The van der Waals surface area contributed by atoms with Gasteiger partial charge in [0.15, 0.2) is 8.32 Å². The Morgan fingerprint density at radius 2 is 2.04 bits per heavy atom. The lowest BCUT2D eigenvalue weighted by Crippen LogP contribution is -2.34. The van der Waals surface area contributed by atoms with Crippen LogP contribution in [0.2, 0.25) is 19.6 Å². The van der Waals surface area contributed by atoms with Crippen molar-refractivity contribution >= 4 is 14.0 Å². The van der Waals surface area contributed by atoms with Gasteiger partial charge in [0.05, 0.1) is 18.8 Å². The second kappa shape index (κ2) is 10.5. The summed E-state index contributed by atoms with van der Waals surface area (Å²) in [4.78, 5) is 0. The molecule has 1 aliphatic rings. The highest BCUT2D eigenvalue weighted by Gasteiger charge is 2.25. The Bertz CT molecular complexity index is 355. The quantitative estimate of drug-likeness (QED) is 0.404. The average molecular weight is 343 g/mol. The summed E-state index contributed by atoms with van der Waals surface area (Å²) in [7, 11) is 0.272. The number of ether oxygens (including phenoxy) is 1. The number of hydrazone groups is 1. The topological polar surface area (TPSA) is 34.1 Å². The molecule has 1 fully saturated rings. The van der Waals surface area contributed by atoms with Crippen molar-refractivity contribution in [2.24, 2.45) is 5.10 Å². The second-order valence-corrected chi connectivity index (χ2v) is 12.1. The minimum Gasteiger partial charge on any atom is -0.414 e. The first-order valence-electron chi connectivity index (χ1n) is 9.39. The van der Waals surface area contributed by atoms with Crippen molar-refractivity contribution in [1.82, 2.24) is 5.01 Å². The van der Waals surface area contributed by atoms with Crippen molar-refractivity contribution < 1.29 is 9.16 Å². The van der Waals surface area contributed by atoms with Gasteiger partial charge in [-0.1, -0.05) is 26.7 Å². The molecular weight excluding hydrogens is 304 g/mol. The van der Waals surface area contributed by atoms with Crippen LogP contribution in [0.15, 0.2) is 5.10 Å². The molecule has 0 spiro atoms. The summed E-state index contributed by atoms with van der Waals surface area (Å²) in [5.41, 5.74) is 1.28. The fourth-order valence-corrected chi connectivity index (χ4v) is 4.35. The molecule has 1 rings (SSSR count). The fraction of sp³-hybridized carbons (Fsp3) is 0.944. The molecule has 0 amide bonds. The maximum absolute atomic E-state index is 6.43. The molecule has 0 N–H and O–H groups in total. The third kappa shape index (κ3) is 8.31. The molecule has 5 heteroatoms. The maximum Gasteiger partial charge on any atom is 0.184 e. The van der Waals surface area contributed by atoms with Gasteiger partial charge in [-0.15, -0.1) is 0 Å². The summed E-state index contributed by atoms with van der Waals surface area (Å²) in [5, 5.41) is 7.24. The molecule has 23 heavy (non-hydrogen) atoms. The van der Waals surface area contributed by atoms with E-state index in [1.165, 1.54) is 31.4 Å². The second-order valence-electron chi connectivity index (χ2n) is 7.63. The lowest BCUT2D eigenvalue weighted by atomic mass is 10.1. The molecule has 136 valence electrons. The molecule has 0 aromatic heterocycles. The van der Waals surface area contributed by atoms with Gasteiger partial charge in [-0.3, -0.25) is 5.01 Å². The van der Waals surface area contributed by atoms with Crippen molar-refractivity contribution in [1.29, 1.82) is 0 Å². The van der Waals surface area contributed by atoms with E-state index >= 15 is 0 Å². The average Bonchev–Trinajstić information content (AvgIpc) is 2.90. The van der Waals surface area contributed by atoms with Crippen LogP contribution in [0.3, 0.4) is 0 Å². The van der Waals surface area contributed by atoms with E-state index < -0.39 is 8.32 Å². The summed E-state index contributed by atoms with van der Waals surface area (Å²) in [6.07, 6.45) is 8.36. The number of hydrogen-bond acceptors (Lipinski definition) is 4. The van der Waals surface area contributed by atoms with Gasteiger partial charge in [-0.25, -0.2) is 0 Å². The van der Waals surface area contributed by atoms with Gasteiger partial charge in [0.25, 0.3) is 0 Å². The number of hydrogen-bond donors (Lipinski definition) is 0. The smallest absolute Gasteiger partial charge is 0.184 e. The molecule has 1 unspecified atom stereocenters. The SMILES string of the molecule is CCCCC(C/C(CC)=N/N1CCC[C@H]1COC)O[Si](C)(C)C. The minimum absolute atomic E-state index is 0.337. The normalized spacial score (nSPS) is 21.0. The van der Waals surface area contributed by atoms with E-state index in [0.29, 0.717) is 12.1 Å². The Kier molecular flexibility index (Phi) is 9.40. The lowest BCUT2D eigenvalue weighted by Gasteiger charge is -2.28.